The van der Waals surface area contributed by atoms with Crippen molar-refractivity contribution in [3.63, 3.8) is 0 Å². The Labute approximate surface area is 102 Å². The van der Waals surface area contributed by atoms with E-state index in [-0.39, 0.29) is 6.42 Å². The van der Waals surface area contributed by atoms with Crippen molar-refractivity contribution in [1.29, 1.82) is 0 Å². The SMILES string of the molecule is NC(Cc1cn(O)c2cc(Cl)ccc12)C(=O)O. The minimum absolute atomic E-state index is 0.154. The molecule has 5 nitrogen and oxygen atoms in total. The molecule has 17 heavy (non-hydrogen) atoms. The summed E-state index contributed by atoms with van der Waals surface area (Å²) < 4.78 is 0.922. The summed E-state index contributed by atoms with van der Waals surface area (Å²) in [6.07, 6.45) is 1.60. The highest BCUT2D eigenvalue weighted by Crippen LogP contribution is 2.24. The second kappa shape index (κ2) is 4.27. The highest BCUT2D eigenvalue weighted by Gasteiger charge is 2.16. The van der Waals surface area contributed by atoms with Crippen molar-refractivity contribution in [2.45, 2.75) is 12.5 Å². The van der Waals surface area contributed by atoms with Crippen LogP contribution in [-0.2, 0) is 11.2 Å². The van der Waals surface area contributed by atoms with Crippen molar-refractivity contribution in [3.05, 3.63) is 35.0 Å². The maximum atomic E-state index is 10.7. The van der Waals surface area contributed by atoms with Gasteiger partial charge in [-0.05, 0) is 17.7 Å². The average Bonchev–Trinajstić information content (AvgIpc) is 2.55. The van der Waals surface area contributed by atoms with Gasteiger partial charge in [0.25, 0.3) is 0 Å². The first-order chi connectivity index (χ1) is 7.99. The van der Waals surface area contributed by atoms with E-state index in [0.717, 1.165) is 10.1 Å². The molecule has 0 radical (unpaired) electrons. The Morgan fingerprint density at radius 3 is 2.88 bits per heavy atom. The summed E-state index contributed by atoms with van der Waals surface area (Å²) in [5.41, 5.74) is 6.67. The number of fused-ring (bicyclic) bond motifs is 1. The smallest absolute Gasteiger partial charge is 0.320 e. The van der Waals surface area contributed by atoms with Crippen molar-refractivity contribution in [2.24, 2.45) is 5.73 Å². The quantitative estimate of drug-likeness (QED) is 0.724. The van der Waals surface area contributed by atoms with Crippen molar-refractivity contribution >= 4 is 28.5 Å². The molecule has 2 aromatic rings. The first-order valence-electron chi connectivity index (χ1n) is 4.96. The molecule has 1 aromatic carbocycles. The van der Waals surface area contributed by atoms with Crippen LogP contribution in [0.25, 0.3) is 10.9 Å². The van der Waals surface area contributed by atoms with Gasteiger partial charge >= 0.3 is 5.97 Å². The molecule has 2 rings (SSSR count). The lowest BCUT2D eigenvalue weighted by atomic mass is 10.1. The zero-order valence-corrected chi connectivity index (χ0v) is 9.55. The van der Waals surface area contributed by atoms with Crippen LogP contribution < -0.4 is 5.73 Å². The van der Waals surface area contributed by atoms with Crippen molar-refractivity contribution in [3.8, 4) is 0 Å². The maximum absolute atomic E-state index is 10.7. The Kier molecular flexibility index (Phi) is 2.95. The van der Waals surface area contributed by atoms with Crippen LogP contribution >= 0.6 is 11.6 Å². The lowest BCUT2D eigenvalue weighted by Gasteiger charge is -2.04. The number of nitrogens with zero attached hydrogens (tertiary/aromatic N) is 1. The van der Waals surface area contributed by atoms with Crippen LogP contribution in [0.1, 0.15) is 5.56 Å². The summed E-state index contributed by atoms with van der Waals surface area (Å²) >= 11 is 5.81. The maximum Gasteiger partial charge on any atom is 0.320 e. The highest BCUT2D eigenvalue weighted by molar-refractivity contribution is 6.31. The number of carboxylic acid groups (broad SMARTS) is 1. The predicted octanol–water partition coefficient (Wildman–Crippen LogP) is 1.49. The highest BCUT2D eigenvalue weighted by atomic mass is 35.5. The molecule has 6 heteroatoms. The Hall–Kier alpha value is -1.72. The van der Waals surface area contributed by atoms with Gasteiger partial charge in [-0.15, -0.1) is 0 Å². The molecule has 90 valence electrons. The molecule has 0 saturated carbocycles. The molecule has 1 heterocycles. The van der Waals surface area contributed by atoms with E-state index in [4.69, 9.17) is 22.4 Å². The second-order valence-corrected chi connectivity index (χ2v) is 4.25. The molecule has 0 aliphatic carbocycles. The van der Waals surface area contributed by atoms with Gasteiger partial charge < -0.3 is 16.0 Å². The molecular weight excluding hydrogens is 244 g/mol. The third-order valence-corrected chi connectivity index (χ3v) is 2.82. The summed E-state index contributed by atoms with van der Waals surface area (Å²) in [5, 5.41) is 19.6. The van der Waals surface area contributed by atoms with Gasteiger partial charge in [-0.1, -0.05) is 17.7 Å². The molecule has 4 N–H and O–H groups in total. The Morgan fingerprint density at radius 2 is 2.24 bits per heavy atom. The molecule has 0 bridgehead atoms. The number of nitrogens with two attached hydrogens (primary N) is 1. The summed E-state index contributed by atoms with van der Waals surface area (Å²) in [5.74, 6) is -1.07. The third kappa shape index (κ3) is 2.20. The van der Waals surface area contributed by atoms with Crippen molar-refractivity contribution < 1.29 is 15.1 Å². The van der Waals surface area contributed by atoms with Gasteiger partial charge in [-0.2, -0.15) is 4.73 Å². The van der Waals surface area contributed by atoms with Gasteiger partial charge in [0, 0.05) is 23.0 Å². The normalized spacial score (nSPS) is 12.8. The Balaban J connectivity index is 2.45. The van der Waals surface area contributed by atoms with Gasteiger partial charge in [0.05, 0.1) is 5.52 Å². The van der Waals surface area contributed by atoms with Crippen LogP contribution in [-0.4, -0.2) is 27.1 Å². The van der Waals surface area contributed by atoms with E-state index in [1.165, 1.54) is 6.20 Å². The number of carbonyl (C=O) groups is 1. The van der Waals surface area contributed by atoms with E-state index in [0.29, 0.717) is 16.1 Å². The molecule has 0 fully saturated rings. The standard InChI is InChI=1S/C11H11ClN2O3/c12-7-1-2-8-6(3-9(13)11(15)16)5-14(17)10(8)4-7/h1-2,4-5,9,17H,3,13H2,(H,15,16). The second-order valence-electron chi connectivity index (χ2n) is 3.81. The summed E-state index contributed by atoms with van der Waals surface area (Å²) in [6.45, 7) is 0. The number of rotatable bonds is 3. The lowest BCUT2D eigenvalue weighted by Crippen LogP contribution is -2.32. The van der Waals surface area contributed by atoms with Gasteiger partial charge in [-0.3, -0.25) is 4.79 Å². The van der Waals surface area contributed by atoms with Crippen molar-refractivity contribution in [1.82, 2.24) is 4.73 Å². The molecule has 1 aromatic heterocycles. The van der Waals surface area contributed by atoms with Gasteiger partial charge in [0.1, 0.15) is 6.04 Å². The van der Waals surface area contributed by atoms with Gasteiger partial charge in [0.2, 0.25) is 0 Å². The molecule has 1 unspecified atom stereocenters. The summed E-state index contributed by atoms with van der Waals surface area (Å²) in [4.78, 5) is 10.7. The van der Waals surface area contributed by atoms with Crippen LogP contribution in [0.5, 0.6) is 0 Å². The fraction of sp³-hybridized carbons (Fsp3) is 0.182. The fourth-order valence-electron chi connectivity index (χ4n) is 1.74. The zero-order valence-electron chi connectivity index (χ0n) is 8.80. The van der Waals surface area contributed by atoms with Crippen LogP contribution in [0.15, 0.2) is 24.4 Å². The van der Waals surface area contributed by atoms with Crippen LogP contribution in [0.3, 0.4) is 0 Å². The number of carboxylic acids is 1. The average molecular weight is 255 g/mol. The number of aliphatic carboxylic acids is 1. The topological polar surface area (TPSA) is 88.5 Å². The largest absolute Gasteiger partial charge is 0.480 e. The summed E-state index contributed by atoms with van der Waals surface area (Å²) in [6, 6.07) is 4.02. The van der Waals surface area contributed by atoms with Crippen LogP contribution in [0.2, 0.25) is 5.02 Å². The van der Waals surface area contributed by atoms with Gasteiger partial charge in [-0.25, -0.2) is 0 Å². The molecule has 0 aliphatic heterocycles. The van der Waals surface area contributed by atoms with E-state index in [2.05, 4.69) is 0 Å². The number of aromatic nitrogens is 1. The third-order valence-electron chi connectivity index (χ3n) is 2.59. The molecular formula is C11H11ClN2O3. The van der Waals surface area contributed by atoms with E-state index >= 15 is 0 Å². The first kappa shape index (κ1) is 11.8. The molecule has 1 atom stereocenters. The van der Waals surface area contributed by atoms with Crippen LogP contribution in [0.4, 0.5) is 0 Å². The van der Waals surface area contributed by atoms with E-state index in [1.54, 1.807) is 18.2 Å². The molecule has 0 amide bonds. The zero-order chi connectivity index (χ0) is 12.6. The minimum atomic E-state index is -1.07. The van der Waals surface area contributed by atoms with Crippen LogP contribution in [0, 0.1) is 0 Å². The molecule has 0 saturated heterocycles. The number of hydrogen-bond acceptors (Lipinski definition) is 3. The van der Waals surface area contributed by atoms with E-state index < -0.39 is 12.0 Å². The fourth-order valence-corrected chi connectivity index (χ4v) is 1.91. The number of benzene rings is 1. The predicted molar refractivity (Wildman–Crippen MR) is 63.4 cm³/mol. The number of hydrogen-bond donors (Lipinski definition) is 3. The Morgan fingerprint density at radius 1 is 1.53 bits per heavy atom. The van der Waals surface area contributed by atoms with Gasteiger partial charge in [0.15, 0.2) is 0 Å². The summed E-state index contributed by atoms with van der Waals surface area (Å²) in [7, 11) is 0. The van der Waals surface area contributed by atoms with E-state index in [1.807, 2.05) is 0 Å². The minimum Gasteiger partial charge on any atom is -0.480 e. The lowest BCUT2D eigenvalue weighted by molar-refractivity contribution is -0.138. The van der Waals surface area contributed by atoms with E-state index in [9.17, 15) is 10.0 Å². The monoisotopic (exact) mass is 254 g/mol. The molecule has 0 aliphatic rings. The van der Waals surface area contributed by atoms with Crippen molar-refractivity contribution in [2.75, 3.05) is 0 Å². The number of halogens is 1. The molecule has 0 spiro atoms. The Bertz CT molecular complexity index is 579. The first-order valence-corrected chi connectivity index (χ1v) is 5.34.